The number of nitrogens with zero attached hydrogens (tertiary/aromatic N) is 2. The van der Waals surface area contributed by atoms with E-state index >= 15 is 0 Å². The highest BCUT2D eigenvalue weighted by Gasteiger charge is 2.31. The van der Waals surface area contributed by atoms with Crippen LogP contribution in [0.2, 0.25) is 0 Å². The SMILES string of the molecule is CN(C)c1cccc(CONC2=CCN(S(=O)(=O)c3ccc(OC(F)(F)F)cc3)CC2)c1. The van der Waals surface area contributed by atoms with E-state index in [9.17, 15) is 21.6 Å². The fourth-order valence-corrected chi connectivity index (χ4v) is 4.44. The zero-order chi connectivity index (χ0) is 23.4. The van der Waals surface area contributed by atoms with Crippen LogP contribution in [0, 0.1) is 0 Å². The Hall–Kier alpha value is -2.76. The molecule has 0 aliphatic carbocycles. The van der Waals surface area contributed by atoms with Gasteiger partial charge in [-0.25, -0.2) is 8.42 Å². The van der Waals surface area contributed by atoms with Gasteiger partial charge < -0.3 is 9.64 Å². The van der Waals surface area contributed by atoms with E-state index in [0.29, 0.717) is 13.0 Å². The Morgan fingerprint density at radius 3 is 2.44 bits per heavy atom. The summed E-state index contributed by atoms with van der Waals surface area (Å²) in [6.07, 6.45) is -2.72. The largest absolute Gasteiger partial charge is 0.573 e. The first kappa shape index (κ1) is 23.9. The van der Waals surface area contributed by atoms with Crippen molar-refractivity contribution in [2.24, 2.45) is 0 Å². The topological polar surface area (TPSA) is 71.1 Å². The maximum Gasteiger partial charge on any atom is 0.573 e. The van der Waals surface area contributed by atoms with Gasteiger partial charge in [0.05, 0.1) is 11.5 Å². The monoisotopic (exact) mass is 471 g/mol. The third kappa shape index (κ3) is 6.38. The summed E-state index contributed by atoms with van der Waals surface area (Å²) in [5, 5.41) is 0. The van der Waals surface area contributed by atoms with E-state index in [1.165, 1.54) is 4.31 Å². The lowest BCUT2D eigenvalue weighted by Crippen LogP contribution is -2.36. The highest BCUT2D eigenvalue weighted by Crippen LogP contribution is 2.26. The van der Waals surface area contributed by atoms with Crippen LogP contribution >= 0.6 is 0 Å². The van der Waals surface area contributed by atoms with Crippen LogP contribution in [-0.2, 0) is 21.5 Å². The first-order valence-corrected chi connectivity index (χ1v) is 11.2. The first-order chi connectivity index (χ1) is 15.0. The zero-order valence-electron chi connectivity index (χ0n) is 17.6. The van der Waals surface area contributed by atoms with Crippen LogP contribution in [0.5, 0.6) is 5.75 Å². The highest BCUT2D eigenvalue weighted by molar-refractivity contribution is 7.89. The standard InChI is InChI=1S/C21H24F3N3O4S/c1-26(2)18-5-3-4-16(14-18)15-30-25-17-10-12-27(13-11-17)32(28,29)20-8-6-19(7-9-20)31-21(22,23)24/h3-10,14,25H,11-13,15H2,1-2H3. The zero-order valence-corrected chi connectivity index (χ0v) is 18.4. The van der Waals surface area contributed by atoms with Gasteiger partial charge in [0.1, 0.15) is 5.75 Å². The molecule has 1 N–H and O–H groups in total. The number of alkyl halides is 3. The van der Waals surface area contributed by atoms with E-state index < -0.39 is 22.1 Å². The van der Waals surface area contributed by atoms with Crippen molar-refractivity contribution in [1.82, 2.24) is 9.79 Å². The van der Waals surface area contributed by atoms with Crippen LogP contribution in [0.25, 0.3) is 0 Å². The highest BCUT2D eigenvalue weighted by atomic mass is 32.2. The number of halogens is 3. The molecule has 0 saturated heterocycles. The Morgan fingerprint density at radius 2 is 1.84 bits per heavy atom. The lowest BCUT2D eigenvalue weighted by atomic mass is 10.2. The van der Waals surface area contributed by atoms with Crippen LogP contribution in [0.3, 0.4) is 0 Å². The second-order valence-corrected chi connectivity index (χ2v) is 9.25. The van der Waals surface area contributed by atoms with E-state index in [-0.39, 0.29) is 18.0 Å². The molecule has 3 rings (SSSR count). The lowest BCUT2D eigenvalue weighted by Gasteiger charge is -2.26. The quantitative estimate of drug-likeness (QED) is 0.593. The first-order valence-electron chi connectivity index (χ1n) is 9.74. The predicted molar refractivity (Wildman–Crippen MR) is 113 cm³/mol. The summed E-state index contributed by atoms with van der Waals surface area (Å²) in [6.45, 7) is 0.666. The summed E-state index contributed by atoms with van der Waals surface area (Å²) in [5.74, 6) is -0.477. The van der Waals surface area contributed by atoms with Gasteiger partial charge in [0, 0.05) is 45.0 Å². The predicted octanol–water partition coefficient (Wildman–Crippen LogP) is 3.65. The fourth-order valence-electron chi connectivity index (χ4n) is 3.06. The average Bonchev–Trinajstić information content (AvgIpc) is 2.73. The van der Waals surface area contributed by atoms with Crippen molar-refractivity contribution >= 4 is 15.7 Å². The summed E-state index contributed by atoms with van der Waals surface area (Å²) >= 11 is 0. The molecule has 2 aromatic carbocycles. The molecule has 32 heavy (non-hydrogen) atoms. The molecule has 0 saturated carbocycles. The van der Waals surface area contributed by atoms with Gasteiger partial charge in [0.25, 0.3) is 0 Å². The molecule has 0 amide bonds. The van der Waals surface area contributed by atoms with Gasteiger partial charge in [-0.2, -0.15) is 4.31 Å². The van der Waals surface area contributed by atoms with E-state index in [2.05, 4.69) is 10.2 Å². The molecule has 11 heteroatoms. The van der Waals surface area contributed by atoms with Crippen LogP contribution in [0.1, 0.15) is 12.0 Å². The number of hydrogen-bond donors (Lipinski definition) is 1. The Kier molecular flexibility index (Phi) is 7.32. The van der Waals surface area contributed by atoms with Crippen molar-refractivity contribution in [2.45, 2.75) is 24.3 Å². The van der Waals surface area contributed by atoms with E-state index in [1.54, 1.807) is 6.08 Å². The number of ether oxygens (including phenoxy) is 1. The summed E-state index contributed by atoms with van der Waals surface area (Å²) in [7, 11) is 0.0642. The third-order valence-electron chi connectivity index (χ3n) is 4.74. The number of hydroxylamine groups is 1. The molecule has 0 spiro atoms. The van der Waals surface area contributed by atoms with Crippen molar-refractivity contribution in [2.75, 3.05) is 32.1 Å². The molecule has 0 fully saturated rings. The van der Waals surface area contributed by atoms with Gasteiger partial charge in [-0.1, -0.05) is 12.1 Å². The molecular weight excluding hydrogens is 447 g/mol. The normalized spacial score (nSPS) is 15.2. The third-order valence-corrected chi connectivity index (χ3v) is 6.62. The minimum absolute atomic E-state index is 0.103. The van der Waals surface area contributed by atoms with Crippen LogP contribution in [0.15, 0.2) is 65.2 Å². The second-order valence-electron chi connectivity index (χ2n) is 7.32. The number of anilines is 1. The van der Waals surface area contributed by atoms with Crippen molar-refractivity contribution in [1.29, 1.82) is 0 Å². The summed E-state index contributed by atoms with van der Waals surface area (Å²) in [5.41, 5.74) is 5.67. The van der Waals surface area contributed by atoms with Gasteiger partial charge in [-0.3, -0.25) is 10.3 Å². The summed E-state index contributed by atoms with van der Waals surface area (Å²) < 4.78 is 67.3. The van der Waals surface area contributed by atoms with Crippen molar-refractivity contribution in [3.8, 4) is 5.75 Å². The van der Waals surface area contributed by atoms with Crippen LogP contribution in [0.4, 0.5) is 18.9 Å². The molecule has 7 nitrogen and oxygen atoms in total. The smallest absolute Gasteiger partial charge is 0.406 e. The second kappa shape index (κ2) is 9.80. The lowest BCUT2D eigenvalue weighted by molar-refractivity contribution is -0.274. The maximum atomic E-state index is 12.8. The average molecular weight is 472 g/mol. The molecule has 0 bridgehead atoms. The van der Waals surface area contributed by atoms with Crippen LogP contribution in [-0.4, -0.2) is 46.3 Å². The van der Waals surface area contributed by atoms with E-state index in [0.717, 1.165) is 41.2 Å². The summed E-state index contributed by atoms with van der Waals surface area (Å²) in [6, 6.07) is 12.0. The van der Waals surface area contributed by atoms with Crippen molar-refractivity contribution in [3.05, 3.63) is 65.9 Å². The van der Waals surface area contributed by atoms with Gasteiger partial charge in [-0.15, -0.1) is 13.2 Å². The Morgan fingerprint density at radius 1 is 1.12 bits per heavy atom. The number of rotatable bonds is 8. The molecule has 1 aliphatic rings. The molecule has 0 radical (unpaired) electrons. The van der Waals surface area contributed by atoms with Crippen molar-refractivity contribution < 1.29 is 31.2 Å². The van der Waals surface area contributed by atoms with Gasteiger partial charge in [0.15, 0.2) is 0 Å². The molecule has 1 aliphatic heterocycles. The number of hydrogen-bond acceptors (Lipinski definition) is 6. The maximum absolute atomic E-state index is 12.8. The molecule has 0 unspecified atom stereocenters. The fraction of sp³-hybridized carbons (Fsp3) is 0.333. The van der Waals surface area contributed by atoms with Crippen molar-refractivity contribution in [3.63, 3.8) is 0 Å². The minimum Gasteiger partial charge on any atom is -0.406 e. The van der Waals surface area contributed by atoms with Gasteiger partial charge >= 0.3 is 6.36 Å². The number of sulfonamides is 1. The molecule has 1 heterocycles. The number of nitrogens with one attached hydrogen (secondary N) is 1. The Balaban J connectivity index is 1.54. The molecule has 0 atom stereocenters. The molecule has 2 aromatic rings. The van der Waals surface area contributed by atoms with Crippen LogP contribution < -0.4 is 15.1 Å². The Labute approximate surface area is 185 Å². The summed E-state index contributed by atoms with van der Waals surface area (Å²) in [4.78, 5) is 7.43. The minimum atomic E-state index is -4.83. The molecule has 0 aromatic heterocycles. The Bertz CT molecular complexity index is 1050. The molecular formula is C21H24F3N3O4S. The molecule has 174 valence electrons. The van der Waals surface area contributed by atoms with Gasteiger partial charge in [-0.05, 0) is 48.0 Å². The number of benzene rings is 2. The van der Waals surface area contributed by atoms with E-state index in [1.807, 2.05) is 43.3 Å². The van der Waals surface area contributed by atoms with Gasteiger partial charge in [0.2, 0.25) is 10.0 Å². The van der Waals surface area contributed by atoms with E-state index in [4.69, 9.17) is 4.84 Å².